The van der Waals surface area contributed by atoms with Gasteiger partial charge in [0.05, 0.1) is 4.70 Å². The van der Waals surface area contributed by atoms with Crippen molar-refractivity contribution in [3.63, 3.8) is 0 Å². The SMILES string of the molecule is Cn1cc(-c2cnc(N)c3oc(-c4csc5cnccc45)cc23)cc1C(=O)O. The second-order valence-electron chi connectivity index (χ2n) is 6.46. The minimum absolute atomic E-state index is 0.194. The highest BCUT2D eigenvalue weighted by Crippen LogP contribution is 2.40. The maximum Gasteiger partial charge on any atom is 0.352 e. The van der Waals surface area contributed by atoms with Gasteiger partial charge in [-0.15, -0.1) is 11.3 Å². The van der Waals surface area contributed by atoms with Gasteiger partial charge in [-0.3, -0.25) is 4.98 Å². The maximum atomic E-state index is 11.4. The molecule has 0 radical (unpaired) electrons. The number of aromatic carboxylic acids is 1. The molecule has 28 heavy (non-hydrogen) atoms. The van der Waals surface area contributed by atoms with Crippen LogP contribution >= 0.6 is 11.3 Å². The molecule has 5 heterocycles. The molecule has 0 spiro atoms. The highest BCUT2D eigenvalue weighted by atomic mass is 32.1. The summed E-state index contributed by atoms with van der Waals surface area (Å²) in [5, 5.41) is 13.2. The monoisotopic (exact) mass is 390 g/mol. The van der Waals surface area contributed by atoms with Gasteiger partial charge in [0.25, 0.3) is 0 Å². The Morgan fingerprint density at radius 1 is 1.25 bits per heavy atom. The van der Waals surface area contributed by atoms with Crippen LogP contribution in [-0.2, 0) is 7.05 Å². The molecule has 5 rings (SSSR count). The van der Waals surface area contributed by atoms with Crippen molar-refractivity contribution >= 4 is 44.2 Å². The Hall–Kier alpha value is -3.65. The third kappa shape index (κ3) is 2.39. The molecule has 3 N–H and O–H groups in total. The normalized spacial score (nSPS) is 11.5. The van der Waals surface area contributed by atoms with Crippen LogP contribution in [-0.4, -0.2) is 25.6 Å². The van der Waals surface area contributed by atoms with Crippen molar-refractivity contribution in [1.82, 2.24) is 14.5 Å². The number of hydrogen-bond acceptors (Lipinski definition) is 6. The predicted octanol–water partition coefficient (Wildman–Crippen LogP) is 4.39. The molecular weight excluding hydrogens is 376 g/mol. The van der Waals surface area contributed by atoms with E-state index >= 15 is 0 Å². The smallest absolute Gasteiger partial charge is 0.352 e. The van der Waals surface area contributed by atoms with E-state index in [1.165, 1.54) is 0 Å². The Kier molecular flexibility index (Phi) is 3.50. The summed E-state index contributed by atoms with van der Waals surface area (Å²) in [5.74, 6) is -0.0111. The number of rotatable bonds is 3. The summed E-state index contributed by atoms with van der Waals surface area (Å²) in [6.07, 6.45) is 6.98. The van der Waals surface area contributed by atoms with E-state index in [-0.39, 0.29) is 5.69 Å². The van der Waals surface area contributed by atoms with Crippen LogP contribution in [0.3, 0.4) is 0 Å². The second kappa shape index (κ2) is 5.93. The third-order valence-electron chi connectivity index (χ3n) is 4.77. The Morgan fingerprint density at radius 2 is 2.11 bits per heavy atom. The van der Waals surface area contributed by atoms with E-state index in [0.717, 1.165) is 32.2 Å². The number of hydrogen-bond donors (Lipinski definition) is 2. The summed E-state index contributed by atoms with van der Waals surface area (Å²) in [7, 11) is 1.70. The molecule has 138 valence electrons. The first kappa shape index (κ1) is 16.5. The van der Waals surface area contributed by atoms with E-state index in [1.54, 1.807) is 47.6 Å². The van der Waals surface area contributed by atoms with E-state index in [4.69, 9.17) is 10.2 Å². The number of carboxylic acids is 1. The van der Waals surface area contributed by atoms with Gasteiger partial charge in [-0.2, -0.15) is 0 Å². The molecule has 0 aliphatic heterocycles. The molecule has 5 aromatic rings. The van der Waals surface area contributed by atoms with Gasteiger partial charge in [0.15, 0.2) is 11.4 Å². The molecule has 0 aromatic carbocycles. The van der Waals surface area contributed by atoms with Crippen molar-refractivity contribution in [2.45, 2.75) is 0 Å². The zero-order chi connectivity index (χ0) is 19.4. The number of nitrogen functional groups attached to an aromatic ring is 1. The number of nitrogens with two attached hydrogens (primary N) is 1. The van der Waals surface area contributed by atoms with Crippen LogP contribution < -0.4 is 5.73 Å². The first-order chi connectivity index (χ1) is 13.5. The third-order valence-corrected chi connectivity index (χ3v) is 5.70. The van der Waals surface area contributed by atoms with Crippen LogP contribution in [0.15, 0.2) is 52.8 Å². The van der Waals surface area contributed by atoms with E-state index in [9.17, 15) is 9.90 Å². The molecule has 0 unspecified atom stereocenters. The fraction of sp³-hybridized carbons (Fsp3) is 0.0500. The van der Waals surface area contributed by atoms with Crippen molar-refractivity contribution in [2.75, 3.05) is 5.73 Å². The second-order valence-corrected chi connectivity index (χ2v) is 7.37. The summed E-state index contributed by atoms with van der Waals surface area (Å²) in [6.45, 7) is 0. The van der Waals surface area contributed by atoms with Crippen molar-refractivity contribution in [1.29, 1.82) is 0 Å². The van der Waals surface area contributed by atoms with Crippen molar-refractivity contribution in [2.24, 2.45) is 7.05 Å². The lowest BCUT2D eigenvalue weighted by atomic mass is 10.1. The van der Waals surface area contributed by atoms with Crippen LogP contribution in [0.25, 0.3) is 43.5 Å². The van der Waals surface area contributed by atoms with Gasteiger partial charge >= 0.3 is 5.97 Å². The molecule has 0 saturated carbocycles. The number of nitrogens with zero attached hydrogens (tertiary/aromatic N) is 3. The Balaban J connectivity index is 1.74. The summed E-state index contributed by atoms with van der Waals surface area (Å²) in [5.41, 5.74) is 9.20. The molecule has 0 bridgehead atoms. The number of pyridine rings is 2. The first-order valence-electron chi connectivity index (χ1n) is 8.42. The first-order valence-corrected chi connectivity index (χ1v) is 9.30. The lowest BCUT2D eigenvalue weighted by molar-refractivity contribution is 0.0686. The molecule has 5 aromatic heterocycles. The summed E-state index contributed by atoms with van der Waals surface area (Å²) >= 11 is 1.59. The highest BCUT2D eigenvalue weighted by molar-refractivity contribution is 7.17. The Bertz CT molecular complexity index is 1380. The standard InChI is InChI=1S/C20H14N4O3S/c1-24-8-10(4-15(24)20(25)26)13-6-23-19(21)18-12(13)5-16(27-18)14-9-28-17-7-22-3-2-11(14)17/h2-9H,1H3,(H2,21,23)(H,25,26). The zero-order valence-electron chi connectivity index (χ0n) is 14.7. The number of furan rings is 1. The fourth-order valence-corrected chi connectivity index (χ4v) is 4.32. The number of aryl methyl sites for hydroxylation is 1. The number of thiophene rings is 1. The molecule has 0 fully saturated rings. The van der Waals surface area contributed by atoms with Crippen LogP contribution in [0.5, 0.6) is 0 Å². The van der Waals surface area contributed by atoms with Crippen LogP contribution in [0.1, 0.15) is 10.5 Å². The minimum atomic E-state index is -0.986. The van der Waals surface area contributed by atoms with Gasteiger partial charge in [-0.05, 0) is 18.2 Å². The Morgan fingerprint density at radius 3 is 2.89 bits per heavy atom. The zero-order valence-corrected chi connectivity index (χ0v) is 15.5. The van der Waals surface area contributed by atoms with E-state index in [0.29, 0.717) is 17.2 Å². The minimum Gasteiger partial charge on any atom is -0.477 e. The van der Waals surface area contributed by atoms with Crippen LogP contribution in [0.4, 0.5) is 5.82 Å². The molecular formula is C20H14N4O3S. The lowest BCUT2D eigenvalue weighted by Gasteiger charge is -2.00. The van der Waals surface area contributed by atoms with E-state index in [2.05, 4.69) is 9.97 Å². The van der Waals surface area contributed by atoms with Crippen LogP contribution in [0.2, 0.25) is 0 Å². The van der Waals surface area contributed by atoms with Crippen molar-refractivity contribution in [3.05, 3.63) is 54.1 Å². The van der Waals surface area contributed by atoms with Crippen molar-refractivity contribution < 1.29 is 14.3 Å². The van der Waals surface area contributed by atoms with Gasteiger partial charge in [0.1, 0.15) is 11.5 Å². The van der Waals surface area contributed by atoms with Gasteiger partial charge < -0.3 is 19.8 Å². The highest BCUT2D eigenvalue weighted by Gasteiger charge is 2.19. The molecule has 0 amide bonds. The van der Waals surface area contributed by atoms with E-state index < -0.39 is 5.97 Å². The number of fused-ring (bicyclic) bond motifs is 2. The van der Waals surface area contributed by atoms with Gasteiger partial charge in [-0.25, -0.2) is 9.78 Å². The fourth-order valence-electron chi connectivity index (χ4n) is 3.40. The predicted molar refractivity (Wildman–Crippen MR) is 108 cm³/mol. The number of carboxylic acid groups (broad SMARTS) is 1. The lowest BCUT2D eigenvalue weighted by Crippen LogP contribution is -2.02. The molecule has 8 heteroatoms. The largest absolute Gasteiger partial charge is 0.477 e. The quantitative estimate of drug-likeness (QED) is 0.473. The van der Waals surface area contributed by atoms with Gasteiger partial charge in [-0.1, -0.05) is 0 Å². The number of carbonyl (C=O) groups is 1. The molecule has 0 aliphatic rings. The van der Waals surface area contributed by atoms with Gasteiger partial charge in [0.2, 0.25) is 0 Å². The molecule has 7 nitrogen and oxygen atoms in total. The van der Waals surface area contributed by atoms with Gasteiger partial charge in [0, 0.05) is 64.7 Å². The molecule has 0 aliphatic carbocycles. The topological polar surface area (TPSA) is 107 Å². The maximum absolute atomic E-state index is 11.4. The molecule has 0 atom stereocenters. The number of aromatic nitrogens is 3. The van der Waals surface area contributed by atoms with Crippen LogP contribution in [0, 0.1) is 0 Å². The summed E-state index contributed by atoms with van der Waals surface area (Å²) in [6, 6.07) is 5.50. The average Bonchev–Trinajstić information content (AvgIpc) is 3.38. The van der Waals surface area contributed by atoms with Crippen molar-refractivity contribution in [3.8, 4) is 22.5 Å². The van der Waals surface area contributed by atoms with E-state index in [1.807, 2.05) is 23.7 Å². The summed E-state index contributed by atoms with van der Waals surface area (Å²) in [4.78, 5) is 19.8. The molecule has 0 saturated heterocycles. The average molecular weight is 390 g/mol. The number of anilines is 1. The Labute approximate surface area is 162 Å². The summed E-state index contributed by atoms with van der Waals surface area (Å²) < 4.78 is 8.71.